The fraction of sp³-hybridized carbons (Fsp3) is 0.579. The molecule has 0 aliphatic carbocycles. The number of morpholine rings is 1. The second-order valence-electron chi connectivity index (χ2n) is 7.47. The number of piperidine rings is 1. The van der Waals surface area contributed by atoms with Gasteiger partial charge in [-0.15, -0.1) is 0 Å². The van der Waals surface area contributed by atoms with Crippen LogP contribution in [0.1, 0.15) is 40.2 Å². The summed E-state index contributed by atoms with van der Waals surface area (Å²) in [4.78, 5) is 20.0. The van der Waals surface area contributed by atoms with Gasteiger partial charge in [0.1, 0.15) is 5.76 Å². The Morgan fingerprint density at radius 1 is 1.35 bits per heavy atom. The van der Waals surface area contributed by atoms with Gasteiger partial charge in [0, 0.05) is 37.6 Å². The zero-order valence-electron chi connectivity index (χ0n) is 15.5. The fourth-order valence-electron chi connectivity index (χ4n) is 4.18. The van der Waals surface area contributed by atoms with Crippen LogP contribution in [0.25, 0.3) is 0 Å². The third kappa shape index (κ3) is 3.29. The molecule has 1 spiro atoms. The maximum absolute atomic E-state index is 12.7. The molecule has 26 heavy (non-hydrogen) atoms. The van der Waals surface area contributed by atoms with E-state index in [-0.39, 0.29) is 11.5 Å². The number of aryl methyl sites for hydroxylation is 2. The van der Waals surface area contributed by atoms with E-state index in [1.807, 2.05) is 24.8 Å². The van der Waals surface area contributed by atoms with Crippen molar-refractivity contribution in [1.29, 1.82) is 0 Å². The number of rotatable bonds is 3. The van der Waals surface area contributed by atoms with Gasteiger partial charge in [-0.3, -0.25) is 9.69 Å². The van der Waals surface area contributed by atoms with E-state index >= 15 is 0 Å². The van der Waals surface area contributed by atoms with Crippen molar-refractivity contribution in [1.82, 2.24) is 19.9 Å². The average Bonchev–Trinajstić information content (AvgIpc) is 3.27. The zero-order chi connectivity index (χ0) is 18.1. The highest BCUT2D eigenvalue weighted by Gasteiger charge is 2.42. The summed E-state index contributed by atoms with van der Waals surface area (Å²) in [6, 6.07) is 1.83. The van der Waals surface area contributed by atoms with Gasteiger partial charge in [0.25, 0.3) is 5.91 Å². The highest BCUT2D eigenvalue weighted by Crippen LogP contribution is 2.31. The van der Waals surface area contributed by atoms with E-state index in [0.29, 0.717) is 25.3 Å². The summed E-state index contributed by atoms with van der Waals surface area (Å²) in [6.45, 7) is 8.51. The predicted molar refractivity (Wildman–Crippen MR) is 95.9 cm³/mol. The standard InChI is InChI=1S/C19H26N4O3/c1-14-17(15(2)26-21-14)11-22-7-3-5-19(12-22)13-23(8-9-25-19)18(24)16-4-6-20-10-16/h4,6,10,20H,3,5,7-9,11-13H2,1-2H3. The van der Waals surface area contributed by atoms with Gasteiger partial charge in [-0.05, 0) is 39.3 Å². The molecule has 4 heterocycles. The van der Waals surface area contributed by atoms with Crippen molar-refractivity contribution < 1.29 is 14.1 Å². The lowest BCUT2D eigenvalue weighted by molar-refractivity contribution is -0.132. The molecular formula is C19H26N4O3. The molecule has 0 bridgehead atoms. The molecular weight excluding hydrogens is 332 g/mol. The van der Waals surface area contributed by atoms with E-state index < -0.39 is 0 Å². The van der Waals surface area contributed by atoms with Gasteiger partial charge < -0.3 is 19.1 Å². The van der Waals surface area contributed by atoms with Gasteiger partial charge in [-0.2, -0.15) is 0 Å². The number of carbonyl (C=O) groups is 1. The maximum atomic E-state index is 12.7. The Balaban J connectivity index is 1.46. The van der Waals surface area contributed by atoms with E-state index in [1.165, 1.54) is 0 Å². The van der Waals surface area contributed by atoms with Crippen molar-refractivity contribution in [3.8, 4) is 0 Å². The van der Waals surface area contributed by atoms with Gasteiger partial charge in [0.2, 0.25) is 0 Å². The first-order valence-corrected chi connectivity index (χ1v) is 9.26. The number of ether oxygens (including phenoxy) is 1. The number of nitrogens with one attached hydrogen (secondary N) is 1. The average molecular weight is 358 g/mol. The first-order valence-electron chi connectivity index (χ1n) is 9.26. The largest absolute Gasteiger partial charge is 0.370 e. The van der Waals surface area contributed by atoms with E-state index in [2.05, 4.69) is 15.0 Å². The first kappa shape index (κ1) is 17.3. The minimum Gasteiger partial charge on any atom is -0.370 e. The SMILES string of the molecule is Cc1noc(C)c1CN1CCCC2(C1)CN(C(=O)c1cc[nH]c1)CCO2. The van der Waals surface area contributed by atoms with Crippen LogP contribution in [0, 0.1) is 13.8 Å². The summed E-state index contributed by atoms with van der Waals surface area (Å²) in [5.74, 6) is 0.965. The summed E-state index contributed by atoms with van der Waals surface area (Å²) in [5, 5.41) is 4.06. The van der Waals surface area contributed by atoms with Gasteiger partial charge >= 0.3 is 0 Å². The number of amides is 1. The highest BCUT2D eigenvalue weighted by molar-refractivity contribution is 5.94. The third-order valence-electron chi connectivity index (χ3n) is 5.56. The summed E-state index contributed by atoms with van der Waals surface area (Å²) in [5.41, 5.74) is 2.56. The van der Waals surface area contributed by atoms with Crippen molar-refractivity contribution in [2.75, 3.05) is 32.8 Å². The molecule has 1 amide bonds. The lowest BCUT2D eigenvalue weighted by Crippen LogP contribution is -2.60. The monoisotopic (exact) mass is 358 g/mol. The van der Waals surface area contributed by atoms with Gasteiger partial charge in [0.05, 0.1) is 30.0 Å². The zero-order valence-corrected chi connectivity index (χ0v) is 15.5. The molecule has 4 rings (SSSR count). The van der Waals surface area contributed by atoms with E-state index in [1.54, 1.807) is 12.4 Å². The molecule has 1 N–H and O–H groups in total. The van der Waals surface area contributed by atoms with Crippen LogP contribution in [0.2, 0.25) is 0 Å². The van der Waals surface area contributed by atoms with Crippen LogP contribution >= 0.6 is 0 Å². The quantitative estimate of drug-likeness (QED) is 0.910. The summed E-state index contributed by atoms with van der Waals surface area (Å²) >= 11 is 0. The molecule has 1 atom stereocenters. The van der Waals surface area contributed by atoms with E-state index in [4.69, 9.17) is 9.26 Å². The topological polar surface area (TPSA) is 74.6 Å². The van der Waals surface area contributed by atoms with Crippen LogP contribution < -0.4 is 0 Å². The molecule has 2 aliphatic heterocycles. The Kier molecular flexibility index (Phi) is 4.58. The van der Waals surface area contributed by atoms with Gasteiger partial charge in [0.15, 0.2) is 0 Å². The minimum absolute atomic E-state index is 0.0803. The molecule has 0 aromatic carbocycles. The molecule has 0 radical (unpaired) electrons. The molecule has 2 fully saturated rings. The number of aromatic amines is 1. The summed E-state index contributed by atoms with van der Waals surface area (Å²) in [6.07, 6.45) is 5.60. The van der Waals surface area contributed by atoms with Crippen LogP contribution in [-0.4, -0.2) is 64.2 Å². The van der Waals surface area contributed by atoms with Crippen molar-refractivity contribution in [3.63, 3.8) is 0 Å². The molecule has 2 saturated heterocycles. The number of carbonyl (C=O) groups excluding carboxylic acids is 1. The van der Waals surface area contributed by atoms with E-state index in [9.17, 15) is 4.79 Å². The Morgan fingerprint density at radius 3 is 2.96 bits per heavy atom. The molecule has 2 aromatic rings. The lowest BCUT2D eigenvalue weighted by atomic mass is 9.90. The molecule has 1 unspecified atom stereocenters. The fourth-order valence-corrected chi connectivity index (χ4v) is 4.18. The maximum Gasteiger partial charge on any atom is 0.255 e. The predicted octanol–water partition coefficient (Wildman–Crippen LogP) is 2.13. The number of nitrogens with zero attached hydrogens (tertiary/aromatic N) is 3. The lowest BCUT2D eigenvalue weighted by Gasteiger charge is -2.48. The second kappa shape index (κ2) is 6.89. The smallest absolute Gasteiger partial charge is 0.255 e. The molecule has 7 nitrogen and oxygen atoms in total. The Bertz CT molecular complexity index is 746. The number of H-pyrrole nitrogens is 1. The molecule has 2 aliphatic rings. The number of aromatic nitrogens is 2. The van der Waals surface area contributed by atoms with Crippen molar-refractivity contribution in [2.24, 2.45) is 0 Å². The Hall–Kier alpha value is -2.12. The van der Waals surface area contributed by atoms with Crippen LogP contribution in [0.4, 0.5) is 0 Å². The van der Waals surface area contributed by atoms with Crippen LogP contribution in [0.15, 0.2) is 23.0 Å². The third-order valence-corrected chi connectivity index (χ3v) is 5.56. The highest BCUT2D eigenvalue weighted by atomic mass is 16.5. The molecule has 2 aromatic heterocycles. The van der Waals surface area contributed by atoms with E-state index in [0.717, 1.165) is 49.5 Å². The molecule has 0 saturated carbocycles. The van der Waals surface area contributed by atoms with Gasteiger partial charge in [-0.25, -0.2) is 0 Å². The molecule has 140 valence electrons. The van der Waals surface area contributed by atoms with Crippen LogP contribution in [0.3, 0.4) is 0 Å². The second-order valence-corrected chi connectivity index (χ2v) is 7.47. The van der Waals surface area contributed by atoms with Crippen molar-refractivity contribution >= 4 is 5.91 Å². The number of hydrogen-bond acceptors (Lipinski definition) is 5. The van der Waals surface area contributed by atoms with Gasteiger partial charge in [-0.1, -0.05) is 5.16 Å². The summed E-state index contributed by atoms with van der Waals surface area (Å²) in [7, 11) is 0. The number of likely N-dealkylation sites (tertiary alicyclic amines) is 1. The van der Waals surface area contributed by atoms with Crippen LogP contribution in [-0.2, 0) is 11.3 Å². The Labute approximate surface area is 153 Å². The Morgan fingerprint density at radius 2 is 2.23 bits per heavy atom. The molecule has 7 heteroatoms. The van der Waals surface area contributed by atoms with Crippen molar-refractivity contribution in [3.05, 3.63) is 41.0 Å². The normalized spacial score (nSPS) is 24.3. The summed E-state index contributed by atoms with van der Waals surface area (Å²) < 4.78 is 11.5. The van der Waals surface area contributed by atoms with Crippen molar-refractivity contribution in [2.45, 2.75) is 38.8 Å². The van der Waals surface area contributed by atoms with Crippen LogP contribution in [0.5, 0.6) is 0 Å². The minimum atomic E-state index is -0.276. The first-order chi connectivity index (χ1) is 12.6. The number of hydrogen-bond donors (Lipinski definition) is 1.